The van der Waals surface area contributed by atoms with Crippen LogP contribution < -0.4 is 0 Å². The molecule has 0 saturated carbocycles. The number of hydrogen-bond donors (Lipinski definition) is 0. The number of rotatable bonds is 7. The molecule has 0 aromatic carbocycles. The summed E-state index contributed by atoms with van der Waals surface area (Å²) >= 11 is -0.640. The van der Waals surface area contributed by atoms with Crippen molar-refractivity contribution in [3.8, 4) is 0 Å². The molecule has 0 spiro atoms. The van der Waals surface area contributed by atoms with Gasteiger partial charge in [0.15, 0.2) is 0 Å². The molecule has 0 unspecified atom stereocenters. The first-order valence-electron chi connectivity index (χ1n) is 7.96. The monoisotopic (exact) mass is 454 g/mol. The molecule has 1 fully saturated rings. The average Bonchev–Trinajstić information content (AvgIpc) is 2.80. The van der Waals surface area contributed by atoms with Gasteiger partial charge in [-0.1, -0.05) is 0 Å². The van der Waals surface area contributed by atoms with E-state index < -0.39 is 74.2 Å². The molecule has 4 atom stereocenters. The van der Waals surface area contributed by atoms with Gasteiger partial charge in [0.05, 0.1) is 0 Å². The fourth-order valence-electron chi connectivity index (χ4n) is 2.57. The van der Waals surface area contributed by atoms with E-state index in [9.17, 15) is 24.0 Å². The second-order valence-electron chi connectivity index (χ2n) is 5.70. The summed E-state index contributed by atoms with van der Waals surface area (Å²) in [4.78, 5) is 57.6. The summed E-state index contributed by atoms with van der Waals surface area (Å²) < 4.78 is 24.5. The second-order valence-corrected chi connectivity index (χ2v) is 8.35. The molecule has 1 saturated heterocycles. The standard InChI is InChI=1S/C16H22O10Se/c1-8(17)22-6-14(24-10(3)19)16(26-12(5)21)15(25-11(4)20)13(7-27-16)23-9(2)18/h13-15H,6-7H2,1-5H3/t13-,14+,15+,16+/m0/s1. The van der Waals surface area contributed by atoms with Crippen LogP contribution in [0.3, 0.4) is 0 Å². The fraction of sp³-hybridized carbons (Fsp3) is 0.688. The van der Waals surface area contributed by atoms with Crippen LogP contribution in [0.1, 0.15) is 34.6 Å². The number of ether oxygens (including phenoxy) is 5. The van der Waals surface area contributed by atoms with Gasteiger partial charge in [0.1, 0.15) is 0 Å². The topological polar surface area (TPSA) is 132 Å². The van der Waals surface area contributed by atoms with Crippen molar-refractivity contribution in [3.63, 3.8) is 0 Å². The Labute approximate surface area is 162 Å². The van der Waals surface area contributed by atoms with Crippen molar-refractivity contribution in [2.24, 2.45) is 0 Å². The summed E-state index contributed by atoms with van der Waals surface area (Å²) in [7, 11) is 0. The van der Waals surface area contributed by atoms with Crippen LogP contribution in [-0.2, 0) is 47.7 Å². The molecule has 0 aromatic heterocycles. The van der Waals surface area contributed by atoms with Gasteiger partial charge >= 0.3 is 162 Å². The zero-order valence-electron chi connectivity index (χ0n) is 15.6. The van der Waals surface area contributed by atoms with Gasteiger partial charge in [0.2, 0.25) is 0 Å². The van der Waals surface area contributed by atoms with Crippen molar-refractivity contribution < 1.29 is 47.7 Å². The first-order chi connectivity index (χ1) is 12.5. The molecule has 0 N–H and O–H groups in total. The predicted octanol–water partition coefficient (Wildman–Crippen LogP) is -0.260. The van der Waals surface area contributed by atoms with E-state index in [4.69, 9.17) is 23.7 Å². The number of esters is 5. The maximum absolute atomic E-state index is 11.8. The molecule has 10 nitrogen and oxygen atoms in total. The van der Waals surface area contributed by atoms with Crippen molar-refractivity contribution in [2.75, 3.05) is 6.61 Å². The molecule has 1 aliphatic rings. The van der Waals surface area contributed by atoms with Gasteiger partial charge in [0, 0.05) is 0 Å². The normalized spacial score (nSPS) is 25.1. The molecule has 0 bridgehead atoms. The molecule has 0 aromatic rings. The first kappa shape index (κ1) is 22.9. The summed E-state index contributed by atoms with van der Waals surface area (Å²) in [6.07, 6.45) is -3.36. The quantitative estimate of drug-likeness (QED) is 0.289. The van der Waals surface area contributed by atoms with Crippen LogP contribution in [0.2, 0.25) is 5.32 Å². The Morgan fingerprint density at radius 1 is 0.889 bits per heavy atom. The Bertz CT molecular complexity index is 618. The van der Waals surface area contributed by atoms with Gasteiger partial charge in [-0.3, -0.25) is 0 Å². The van der Waals surface area contributed by atoms with Gasteiger partial charge in [-0.05, 0) is 0 Å². The van der Waals surface area contributed by atoms with Crippen LogP contribution in [0.25, 0.3) is 0 Å². The molecule has 1 aliphatic heterocycles. The van der Waals surface area contributed by atoms with Crippen LogP contribution in [0.5, 0.6) is 0 Å². The van der Waals surface area contributed by atoms with E-state index in [0.29, 0.717) is 0 Å². The van der Waals surface area contributed by atoms with Crippen LogP contribution in [0.4, 0.5) is 0 Å². The van der Waals surface area contributed by atoms with Crippen LogP contribution in [0, 0.1) is 0 Å². The third kappa shape index (κ3) is 6.51. The Kier molecular flexibility index (Phi) is 8.23. The number of hydrogen-bond acceptors (Lipinski definition) is 10. The summed E-state index contributed by atoms with van der Waals surface area (Å²) in [5, 5.41) is 0.232. The zero-order valence-corrected chi connectivity index (χ0v) is 17.4. The first-order valence-corrected chi connectivity index (χ1v) is 10.0. The molecule has 152 valence electrons. The molecule has 0 amide bonds. The third-order valence-corrected chi connectivity index (χ3v) is 6.52. The van der Waals surface area contributed by atoms with E-state index in [1.165, 1.54) is 6.92 Å². The van der Waals surface area contributed by atoms with Crippen molar-refractivity contribution in [3.05, 3.63) is 0 Å². The molecule has 1 heterocycles. The minimum absolute atomic E-state index is 0.232. The Morgan fingerprint density at radius 3 is 1.93 bits per heavy atom. The molecular formula is C16H22O10Se. The van der Waals surface area contributed by atoms with Crippen molar-refractivity contribution in [1.82, 2.24) is 0 Å². The van der Waals surface area contributed by atoms with E-state index >= 15 is 0 Å². The Balaban J connectivity index is 3.37. The zero-order chi connectivity index (χ0) is 20.8. The SMILES string of the molecule is CC(=O)OC[C@@H](OC(C)=O)[C@@]1(OC(C)=O)[Se]C[C@H](OC(C)=O)[C@H]1OC(C)=O. The van der Waals surface area contributed by atoms with Gasteiger partial charge in [-0.2, -0.15) is 0 Å². The van der Waals surface area contributed by atoms with E-state index in [1.807, 2.05) is 0 Å². The molecular weight excluding hydrogens is 431 g/mol. The molecule has 0 aliphatic carbocycles. The summed E-state index contributed by atoms with van der Waals surface area (Å²) in [6, 6.07) is 0. The van der Waals surface area contributed by atoms with Crippen molar-refractivity contribution >= 4 is 44.8 Å². The number of carbonyl (C=O) groups excluding carboxylic acids is 5. The molecule has 11 heteroatoms. The van der Waals surface area contributed by atoms with Crippen molar-refractivity contribution in [2.45, 2.75) is 62.7 Å². The maximum atomic E-state index is 11.8. The van der Waals surface area contributed by atoms with E-state index in [1.54, 1.807) is 0 Å². The second kappa shape index (κ2) is 9.70. The van der Waals surface area contributed by atoms with E-state index in [2.05, 4.69) is 0 Å². The Hall–Kier alpha value is -2.13. The Morgan fingerprint density at radius 2 is 1.48 bits per heavy atom. The van der Waals surface area contributed by atoms with Gasteiger partial charge in [-0.25, -0.2) is 0 Å². The van der Waals surface area contributed by atoms with Crippen molar-refractivity contribution in [1.29, 1.82) is 0 Å². The van der Waals surface area contributed by atoms with Crippen LogP contribution in [0.15, 0.2) is 0 Å². The van der Waals surface area contributed by atoms with Crippen LogP contribution in [-0.4, -0.2) is 74.2 Å². The van der Waals surface area contributed by atoms with Crippen LogP contribution >= 0.6 is 0 Å². The molecule has 0 radical (unpaired) electrons. The van der Waals surface area contributed by atoms with Gasteiger partial charge < -0.3 is 0 Å². The summed E-state index contributed by atoms with van der Waals surface area (Å²) in [5.41, 5.74) is 0. The number of carbonyl (C=O) groups is 5. The average molecular weight is 453 g/mol. The van der Waals surface area contributed by atoms with Gasteiger partial charge in [0.25, 0.3) is 0 Å². The van der Waals surface area contributed by atoms with E-state index in [0.717, 1.165) is 27.7 Å². The minimum atomic E-state index is -1.62. The third-order valence-electron chi connectivity index (χ3n) is 3.32. The summed E-state index contributed by atoms with van der Waals surface area (Å²) in [6.45, 7) is 5.34. The fourth-order valence-corrected chi connectivity index (χ4v) is 5.73. The predicted molar refractivity (Wildman–Crippen MR) is 88.4 cm³/mol. The molecule has 1 rings (SSSR count). The van der Waals surface area contributed by atoms with Gasteiger partial charge in [-0.15, -0.1) is 0 Å². The van der Waals surface area contributed by atoms with E-state index in [-0.39, 0.29) is 5.32 Å². The molecule has 27 heavy (non-hydrogen) atoms. The summed E-state index contributed by atoms with van der Waals surface area (Å²) in [5.74, 6) is -3.41.